The van der Waals surface area contributed by atoms with Crippen molar-refractivity contribution >= 4 is 0 Å². The highest BCUT2D eigenvalue weighted by Gasteiger charge is 1.99. The van der Waals surface area contributed by atoms with Gasteiger partial charge in [-0.15, -0.1) is 0 Å². The van der Waals surface area contributed by atoms with Crippen molar-refractivity contribution in [1.29, 1.82) is 0 Å². The van der Waals surface area contributed by atoms with Crippen LogP contribution in [-0.2, 0) is 19.5 Å². The fourth-order valence-electron chi connectivity index (χ4n) is 1.83. The quantitative estimate of drug-likeness (QED) is 0.852. The van der Waals surface area contributed by atoms with Gasteiger partial charge in [0.25, 0.3) is 0 Å². The summed E-state index contributed by atoms with van der Waals surface area (Å²) in [5.74, 6) is 0. The summed E-state index contributed by atoms with van der Waals surface area (Å²) < 4.78 is 0. The zero-order valence-corrected chi connectivity index (χ0v) is 10.1. The van der Waals surface area contributed by atoms with E-state index in [1.54, 1.807) is 6.20 Å². The summed E-state index contributed by atoms with van der Waals surface area (Å²) in [6.45, 7) is 3.81. The summed E-state index contributed by atoms with van der Waals surface area (Å²) in [7, 11) is 0. The van der Waals surface area contributed by atoms with Crippen LogP contribution in [0.3, 0.4) is 0 Å². The van der Waals surface area contributed by atoms with Crippen molar-refractivity contribution < 1.29 is 0 Å². The van der Waals surface area contributed by atoms with E-state index in [1.807, 2.05) is 12.1 Å². The molecule has 0 amide bonds. The van der Waals surface area contributed by atoms with Gasteiger partial charge in [-0.3, -0.25) is 0 Å². The second-order valence-corrected chi connectivity index (χ2v) is 3.94. The van der Waals surface area contributed by atoms with Gasteiger partial charge in [0.2, 0.25) is 0 Å². The van der Waals surface area contributed by atoms with Crippen LogP contribution < -0.4 is 5.32 Å². The number of aromatic nitrogens is 2. The molecule has 2 rings (SSSR count). The first-order valence-corrected chi connectivity index (χ1v) is 5.94. The van der Waals surface area contributed by atoms with Crippen LogP contribution in [0.5, 0.6) is 0 Å². The molecule has 3 heteroatoms. The predicted octanol–water partition coefficient (Wildman–Crippen LogP) is 2.33. The minimum absolute atomic E-state index is 0.756. The van der Waals surface area contributed by atoms with Crippen molar-refractivity contribution in [1.82, 2.24) is 15.5 Å². The van der Waals surface area contributed by atoms with E-state index < -0.39 is 0 Å². The molecule has 0 aliphatic heterocycles. The first-order chi connectivity index (χ1) is 8.40. The van der Waals surface area contributed by atoms with Gasteiger partial charge in [0.15, 0.2) is 0 Å². The Labute approximate surface area is 102 Å². The van der Waals surface area contributed by atoms with Crippen LogP contribution in [0.25, 0.3) is 0 Å². The van der Waals surface area contributed by atoms with E-state index in [4.69, 9.17) is 0 Å². The Morgan fingerprint density at radius 3 is 2.53 bits per heavy atom. The normalized spacial score (nSPS) is 10.4. The highest BCUT2D eigenvalue weighted by Crippen LogP contribution is 2.09. The molecule has 0 aliphatic rings. The van der Waals surface area contributed by atoms with Crippen molar-refractivity contribution in [2.45, 2.75) is 26.4 Å². The van der Waals surface area contributed by atoms with Gasteiger partial charge in [-0.2, -0.15) is 10.2 Å². The van der Waals surface area contributed by atoms with Crippen molar-refractivity contribution in [3.63, 3.8) is 0 Å². The molecule has 0 spiro atoms. The highest BCUT2D eigenvalue weighted by molar-refractivity contribution is 5.26. The zero-order valence-electron chi connectivity index (χ0n) is 10.1. The van der Waals surface area contributed by atoms with E-state index in [2.05, 4.69) is 46.7 Å². The Hall–Kier alpha value is -1.74. The Morgan fingerprint density at radius 1 is 1.00 bits per heavy atom. The first-order valence-electron chi connectivity index (χ1n) is 5.94. The third kappa shape index (κ3) is 3.36. The summed E-state index contributed by atoms with van der Waals surface area (Å²) in [6.07, 6.45) is 2.76. The number of hydrogen-bond acceptors (Lipinski definition) is 3. The van der Waals surface area contributed by atoms with Crippen molar-refractivity contribution in [3.05, 3.63) is 59.4 Å². The first kappa shape index (κ1) is 11.7. The lowest BCUT2D eigenvalue weighted by atomic mass is 10.1. The molecule has 0 atom stereocenters. The Balaban J connectivity index is 1.90. The van der Waals surface area contributed by atoms with Gasteiger partial charge < -0.3 is 5.32 Å². The van der Waals surface area contributed by atoms with Gasteiger partial charge in [0.1, 0.15) is 0 Å². The second-order valence-electron chi connectivity index (χ2n) is 3.94. The largest absolute Gasteiger partial charge is 0.307 e. The summed E-state index contributed by atoms with van der Waals surface area (Å²) in [4.78, 5) is 0. The molecule has 17 heavy (non-hydrogen) atoms. The lowest BCUT2D eigenvalue weighted by Gasteiger charge is -2.08. The molecule has 0 bridgehead atoms. The summed E-state index contributed by atoms with van der Waals surface area (Å²) in [5, 5.41) is 11.3. The average Bonchev–Trinajstić information content (AvgIpc) is 2.40. The third-order valence-electron chi connectivity index (χ3n) is 2.75. The van der Waals surface area contributed by atoms with Crippen molar-refractivity contribution in [3.8, 4) is 0 Å². The molecule has 1 aromatic carbocycles. The van der Waals surface area contributed by atoms with E-state index >= 15 is 0 Å². The van der Waals surface area contributed by atoms with E-state index in [0.717, 1.165) is 25.2 Å². The van der Waals surface area contributed by atoms with Crippen LogP contribution in [0.15, 0.2) is 42.6 Å². The molecule has 0 aliphatic carbocycles. The van der Waals surface area contributed by atoms with Crippen LogP contribution in [0, 0.1) is 0 Å². The number of aryl methyl sites for hydroxylation is 1. The van der Waals surface area contributed by atoms with Gasteiger partial charge in [-0.1, -0.05) is 31.2 Å². The van der Waals surface area contributed by atoms with E-state index in [1.165, 1.54) is 11.1 Å². The molecular formula is C14H17N3. The molecule has 0 unspecified atom stereocenters. The van der Waals surface area contributed by atoms with Crippen LogP contribution in [0.2, 0.25) is 0 Å². The molecule has 2 aromatic rings. The van der Waals surface area contributed by atoms with Crippen molar-refractivity contribution in [2.75, 3.05) is 0 Å². The summed E-state index contributed by atoms with van der Waals surface area (Å²) in [6, 6.07) is 12.4. The van der Waals surface area contributed by atoms with Crippen LogP contribution in [0.1, 0.15) is 23.7 Å². The fourth-order valence-corrected chi connectivity index (χ4v) is 1.83. The minimum atomic E-state index is 0.756. The molecule has 88 valence electrons. The molecule has 3 nitrogen and oxygen atoms in total. The Morgan fingerprint density at radius 2 is 1.82 bits per heavy atom. The highest BCUT2D eigenvalue weighted by atomic mass is 15.1. The van der Waals surface area contributed by atoms with Crippen LogP contribution >= 0.6 is 0 Å². The monoisotopic (exact) mass is 227 g/mol. The van der Waals surface area contributed by atoms with Gasteiger partial charge in [-0.05, 0) is 29.7 Å². The molecule has 1 heterocycles. The van der Waals surface area contributed by atoms with Crippen LogP contribution in [0.4, 0.5) is 0 Å². The maximum Gasteiger partial charge on any atom is 0.0769 e. The Kier molecular flexibility index (Phi) is 4.22. The predicted molar refractivity (Wildman–Crippen MR) is 68.4 cm³/mol. The smallest absolute Gasteiger partial charge is 0.0769 e. The Bertz CT molecular complexity index is 454. The number of nitrogens with zero attached hydrogens (tertiary/aromatic N) is 2. The lowest BCUT2D eigenvalue weighted by Crippen LogP contribution is -2.15. The lowest BCUT2D eigenvalue weighted by molar-refractivity contribution is 0.666. The zero-order chi connectivity index (χ0) is 11.9. The summed E-state index contributed by atoms with van der Waals surface area (Å²) >= 11 is 0. The van der Waals surface area contributed by atoms with Gasteiger partial charge >= 0.3 is 0 Å². The number of rotatable bonds is 5. The van der Waals surface area contributed by atoms with Gasteiger partial charge in [0, 0.05) is 19.3 Å². The maximum absolute atomic E-state index is 4.04. The SMILES string of the molecule is CCc1ccccc1CNCc1cccnn1. The van der Waals surface area contributed by atoms with Crippen molar-refractivity contribution in [2.24, 2.45) is 0 Å². The summed E-state index contributed by atoms with van der Waals surface area (Å²) in [5.41, 5.74) is 3.74. The number of nitrogens with one attached hydrogen (secondary N) is 1. The maximum atomic E-state index is 4.04. The third-order valence-corrected chi connectivity index (χ3v) is 2.75. The van der Waals surface area contributed by atoms with E-state index in [9.17, 15) is 0 Å². The molecule has 0 saturated carbocycles. The average molecular weight is 227 g/mol. The minimum Gasteiger partial charge on any atom is -0.307 e. The number of hydrogen-bond donors (Lipinski definition) is 1. The molecule has 0 saturated heterocycles. The standard InChI is InChI=1S/C14H17N3/c1-2-12-6-3-4-7-13(12)10-15-11-14-8-5-9-16-17-14/h3-9,15H,2,10-11H2,1H3. The molecule has 0 radical (unpaired) electrons. The molecule has 1 aromatic heterocycles. The second kappa shape index (κ2) is 6.11. The number of benzene rings is 1. The molecule has 0 fully saturated rings. The molecular weight excluding hydrogens is 210 g/mol. The van der Waals surface area contributed by atoms with E-state index in [-0.39, 0.29) is 0 Å². The fraction of sp³-hybridized carbons (Fsp3) is 0.286. The van der Waals surface area contributed by atoms with Gasteiger partial charge in [0.05, 0.1) is 5.69 Å². The topological polar surface area (TPSA) is 37.8 Å². The van der Waals surface area contributed by atoms with Crippen LogP contribution in [-0.4, -0.2) is 10.2 Å². The van der Waals surface area contributed by atoms with Gasteiger partial charge in [-0.25, -0.2) is 0 Å². The molecule has 1 N–H and O–H groups in total. The van der Waals surface area contributed by atoms with E-state index in [0.29, 0.717) is 0 Å².